The summed E-state index contributed by atoms with van der Waals surface area (Å²) < 4.78 is 4.42. The van der Waals surface area contributed by atoms with Crippen LogP contribution in [0.4, 0.5) is 11.5 Å². The molecule has 2 N–H and O–H groups in total. The lowest BCUT2D eigenvalue weighted by atomic mass is 10.2. The van der Waals surface area contributed by atoms with E-state index in [0.717, 1.165) is 19.4 Å². The molecule has 0 saturated heterocycles. The molecule has 9 nitrogen and oxygen atoms in total. The fourth-order valence-electron chi connectivity index (χ4n) is 1.07. The second kappa shape index (κ2) is 5.57. The van der Waals surface area contributed by atoms with Gasteiger partial charge in [-0.05, 0) is 0 Å². The molecule has 0 atom stereocenters. The molecule has 0 saturated carbocycles. The summed E-state index contributed by atoms with van der Waals surface area (Å²) in [6.45, 7) is 1.22. The molecule has 1 rings (SSSR count). The zero-order valence-corrected chi connectivity index (χ0v) is 9.59. The van der Waals surface area contributed by atoms with Gasteiger partial charge in [-0.2, -0.15) is 0 Å². The fourth-order valence-corrected chi connectivity index (χ4v) is 1.07. The number of nitrogens with zero attached hydrogens (tertiary/aromatic N) is 2. The number of carbonyl (C=O) groups excluding carboxylic acids is 2. The van der Waals surface area contributed by atoms with Crippen LogP contribution in [0.15, 0.2) is 12.3 Å². The molecule has 1 heterocycles. The molecule has 1 amide bonds. The van der Waals surface area contributed by atoms with Crippen molar-refractivity contribution in [2.24, 2.45) is 0 Å². The quantitative estimate of drug-likeness (QED) is 0.448. The van der Waals surface area contributed by atoms with Gasteiger partial charge in [-0.1, -0.05) is 0 Å². The van der Waals surface area contributed by atoms with Gasteiger partial charge in [0.2, 0.25) is 11.7 Å². The molecular weight excluding hydrogens is 244 g/mol. The highest BCUT2D eigenvalue weighted by Crippen LogP contribution is 2.22. The normalized spacial score (nSPS) is 9.44. The molecule has 1 aromatic rings. The number of hydrogen-bond donors (Lipinski definition) is 2. The Morgan fingerprint density at radius 2 is 2.17 bits per heavy atom. The van der Waals surface area contributed by atoms with Gasteiger partial charge in [0.1, 0.15) is 0 Å². The number of methoxy groups -OCH3 is 1. The van der Waals surface area contributed by atoms with Crippen molar-refractivity contribution in [2.45, 2.75) is 6.92 Å². The SMILES string of the molecule is COC(=O)c1cnc(NNC(C)=O)c([N+](=O)[O-])c1. The van der Waals surface area contributed by atoms with Gasteiger partial charge in [-0.3, -0.25) is 25.8 Å². The highest BCUT2D eigenvalue weighted by Gasteiger charge is 2.19. The Kier molecular flexibility index (Phi) is 4.13. The molecule has 0 aliphatic rings. The zero-order valence-electron chi connectivity index (χ0n) is 9.59. The fraction of sp³-hybridized carbons (Fsp3) is 0.222. The van der Waals surface area contributed by atoms with E-state index in [4.69, 9.17) is 0 Å². The van der Waals surface area contributed by atoms with Crippen LogP contribution in [0.25, 0.3) is 0 Å². The van der Waals surface area contributed by atoms with Gasteiger partial charge in [0.05, 0.1) is 17.6 Å². The predicted molar refractivity (Wildman–Crippen MR) is 59.7 cm³/mol. The van der Waals surface area contributed by atoms with Gasteiger partial charge in [-0.25, -0.2) is 9.78 Å². The number of hydrazine groups is 1. The van der Waals surface area contributed by atoms with Crippen LogP contribution < -0.4 is 10.9 Å². The van der Waals surface area contributed by atoms with E-state index >= 15 is 0 Å². The summed E-state index contributed by atoms with van der Waals surface area (Å²) >= 11 is 0. The highest BCUT2D eigenvalue weighted by molar-refractivity contribution is 5.90. The lowest BCUT2D eigenvalue weighted by Crippen LogP contribution is -2.27. The minimum absolute atomic E-state index is 0.0578. The van der Waals surface area contributed by atoms with Gasteiger partial charge in [0, 0.05) is 19.2 Å². The minimum Gasteiger partial charge on any atom is -0.465 e. The first-order chi connectivity index (χ1) is 8.45. The third kappa shape index (κ3) is 3.14. The number of rotatable bonds is 4. The third-order valence-electron chi connectivity index (χ3n) is 1.84. The van der Waals surface area contributed by atoms with Crippen LogP contribution in [0.2, 0.25) is 0 Å². The van der Waals surface area contributed by atoms with Crippen LogP contribution in [-0.2, 0) is 9.53 Å². The van der Waals surface area contributed by atoms with Gasteiger partial charge >= 0.3 is 11.7 Å². The van der Waals surface area contributed by atoms with Crippen molar-refractivity contribution < 1.29 is 19.2 Å². The number of nitrogens with one attached hydrogen (secondary N) is 2. The van der Waals surface area contributed by atoms with Crippen molar-refractivity contribution in [1.29, 1.82) is 0 Å². The Hall–Kier alpha value is -2.71. The van der Waals surface area contributed by atoms with E-state index in [1.54, 1.807) is 0 Å². The number of anilines is 1. The predicted octanol–water partition coefficient (Wildman–Crippen LogP) is 0.239. The number of ether oxygens (including phenoxy) is 1. The van der Waals surface area contributed by atoms with Crippen LogP contribution in [0.3, 0.4) is 0 Å². The van der Waals surface area contributed by atoms with E-state index in [9.17, 15) is 19.7 Å². The summed E-state index contributed by atoms with van der Waals surface area (Å²) in [7, 11) is 1.15. The Bertz CT molecular complexity index is 502. The highest BCUT2D eigenvalue weighted by atomic mass is 16.6. The topological polar surface area (TPSA) is 123 Å². The number of pyridine rings is 1. The van der Waals surface area contributed by atoms with Gasteiger partial charge < -0.3 is 4.74 Å². The van der Waals surface area contributed by atoms with Crippen molar-refractivity contribution in [1.82, 2.24) is 10.4 Å². The molecule has 0 aromatic carbocycles. The summed E-state index contributed by atoms with van der Waals surface area (Å²) in [4.78, 5) is 35.6. The Morgan fingerprint density at radius 1 is 1.50 bits per heavy atom. The maximum Gasteiger partial charge on any atom is 0.339 e. The standard InChI is InChI=1S/C9H10N4O5/c1-5(14)11-12-8-7(13(16)17)3-6(4-10-8)9(15)18-2/h3-4H,1-2H3,(H,10,12)(H,11,14). The van der Waals surface area contributed by atoms with Crippen LogP contribution in [0.1, 0.15) is 17.3 Å². The summed E-state index contributed by atoms with van der Waals surface area (Å²) in [6, 6.07) is 1.00. The molecule has 0 fully saturated rings. The molecule has 0 spiro atoms. The van der Waals surface area contributed by atoms with Crippen molar-refractivity contribution in [3.05, 3.63) is 27.9 Å². The summed E-state index contributed by atoms with van der Waals surface area (Å²) in [5.74, 6) is -1.36. The number of nitro groups is 1. The maximum absolute atomic E-state index is 11.2. The summed E-state index contributed by atoms with van der Waals surface area (Å²) in [5, 5.41) is 10.8. The van der Waals surface area contributed by atoms with Crippen molar-refractivity contribution in [3.8, 4) is 0 Å². The zero-order chi connectivity index (χ0) is 13.7. The van der Waals surface area contributed by atoms with Crippen LogP contribution >= 0.6 is 0 Å². The lowest BCUT2D eigenvalue weighted by molar-refractivity contribution is -0.384. The molecule has 18 heavy (non-hydrogen) atoms. The van der Waals surface area contributed by atoms with Crippen LogP contribution in [0, 0.1) is 10.1 Å². The first-order valence-corrected chi connectivity index (χ1v) is 4.71. The number of hydrogen-bond acceptors (Lipinski definition) is 7. The number of amides is 1. The van der Waals surface area contributed by atoms with Crippen LogP contribution in [-0.4, -0.2) is 28.9 Å². The van der Waals surface area contributed by atoms with Gasteiger partial charge in [-0.15, -0.1) is 0 Å². The first-order valence-electron chi connectivity index (χ1n) is 4.71. The molecule has 1 aromatic heterocycles. The third-order valence-corrected chi connectivity index (χ3v) is 1.84. The summed E-state index contributed by atoms with van der Waals surface area (Å²) in [6.07, 6.45) is 1.10. The van der Waals surface area contributed by atoms with E-state index in [1.807, 2.05) is 0 Å². The average Bonchev–Trinajstić information content (AvgIpc) is 2.34. The van der Waals surface area contributed by atoms with Crippen molar-refractivity contribution >= 4 is 23.4 Å². The molecule has 96 valence electrons. The molecule has 0 bridgehead atoms. The molecular formula is C9H10N4O5. The lowest BCUT2D eigenvalue weighted by Gasteiger charge is -2.06. The van der Waals surface area contributed by atoms with Gasteiger partial charge in [0.15, 0.2) is 0 Å². The van der Waals surface area contributed by atoms with Crippen molar-refractivity contribution in [2.75, 3.05) is 12.5 Å². The molecule has 9 heteroatoms. The van der Waals surface area contributed by atoms with E-state index in [2.05, 4.69) is 20.6 Å². The first kappa shape index (κ1) is 13.4. The van der Waals surface area contributed by atoms with Crippen molar-refractivity contribution in [3.63, 3.8) is 0 Å². The van der Waals surface area contributed by atoms with E-state index in [-0.39, 0.29) is 11.4 Å². The Balaban J connectivity index is 3.08. The van der Waals surface area contributed by atoms with Crippen LogP contribution in [0.5, 0.6) is 0 Å². The number of esters is 1. The summed E-state index contributed by atoms with van der Waals surface area (Å²) in [5.41, 5.74) is 3.91. The molecule has 0 aliphatic carbocycles. The van der Waals surface area contributed by atoms with E-state index < -0.39 is 22.5 Å². The smallest absolute Gasteiger partial charge is 0.339 e. The van der Waals surface area contributed by atoms with E-state index in [0.29, 0.717) is 0 Å². The van der Waals surface area contributed by atoms with E-state index in [1.165, 1.54) is 6.92 Å². The molecule has 0 unspecified atom stereocenters. The Morgan fingerprint density at radius 3 is 2.67 bits per heavy atom. The second-order valence-corrected chi connectivity index (χ2v) is 3.15. The molecule has 0 radical (unpaired) electrons. The Labute approximate surface area is 101 Å². The largest absolute Gasteiger partial charge is 0.465 e. The number of carbonyl (C=O) groups is 2. The minimum atomic E-state index is -0.739. The monoisotopic (exact) mass is 254 g/mol. The second-order valence-electron chi connectivity index (χ2n) is 3.15. The molecule has 0 aliphatic heterocycles. The maximum atomic E-state index is 11.2. The average molecular weight is 254 g/mol. The number of aromatic nitrogens is 1. The van der Waals surface area contributed by atoms with Gasteiger partial charge in [0.25, 0.3) is 0 Å².